The molecule has 0 spiro atoms. The highest BCUT2D eigenvalue weighted by Crippen LogP contribution is 2.21. The number of benzene rings is 1. The van der Waals surface area contributed by atoms with Gasteiger partial charge in [-0.2, -0.15) is 9.61 Å². The summed E-state index contributed by atoms with van der Waals surface area (Å²) in [5.41, 5.74) is 1.11. The topological polar surface area (TPSA) is 73.6 Å². The summed E-state index contributed by atoms with van der Waals surface area (Å²) in [7, 11) is 0. The number of fused-ring (bicyclic) bond motifs is 1. The molecule has 0 aliphatic rings. The molecule has 0 aliphatic heterocycles. The van der Waals surface area contributed by atoms with E-state index in [1.165, 1.54) is 21.9 Å². The molecule has 0 bridgehead atoms. The second-order valence-electron chi connectivity index (χ2n) is 6.01. The van der Waals surface area contributed by atoms with Crippen molar-refractivity contribution in [3.63, 3.8) is 0 Å². The van der Waals surface area contributed by atoms with Gasteiger partial charge in [-0.25, -0.2) is 4.98 Å². The molecule has 3 aromatic rings. The molecule has 1 aromatic carbocycles. The van der Waals surface area contributed by atoms with Crippen molar-refractivity contribution >= 4 is 22.3 Å². The first-order valence-corrected chi connectivity index (χ1v) is 9.54. The van der Waals surface area contributed by atoms with Crippen LogP contribution in [-0.4, -0.2) is 20.6 Å². The Labute approximate surface area is 155 Å². The fourth-order valence-electron chi connectivity index (χ4n) is 2.75. The average Bonchev–Trinajstić information content (AvgIpc) is 3.05. The third-order valence-electron chi connectivity index (χ3n) is 4.06. The van der Waals surface area contributed by atoms with Gasteiger partial charge in [0, 0.05) is 12.5 Å². The summed E-state index contributed by atoms with van der Waals surface area (Å²) in [6, 6.07) is 10.9. The molecule has 0 aliphatic carbocycles. The number of hydrogen-bond acceptors (Lipinski definition) is 6. The first-order chi connectivity index (χ1) is 12.6. The van der Waals surface area contributed by atoms with Gasteiger partial charge in [-0.1, -0.05) is 55.5 Å². The van der Waals surface area contributed by atoms with Crippen molar-refractivity contribution in [2.45, 2.75) is 45.6 Å². The molecule has 0 unspecified atom stereocenters. The van der Waals surface area contributed by atoms with Crippen LogP contribution in [0.15, 0.2) is 41.2 Å². The average molecular weight is 371 g/mol. The molecule has 7 heteroatoms. The molecule has 26 heavy (non-hydrogen) atoms. The fourth-order valence-corrected chi connectivity index (χ4v) is 3.77. The Balaban J connectivity index is 1.74. The Hall–Kier alpha value is -2.54. The van der Waals surface area contributed by atoms with Crippen molar-refractivity contribution < 1.29 is 9.53 Å². The normalized spacial score (nSPS) is 12.2. The van der Waals surface area contributed by atoms with Gasteiger partial charge < -0.3 is 4.74 Å². The minimum absolute atomic E-state index is 0.0189. The van der Waals surface area contributed by atoms with E-state index < -0.39 is 0 Å². The molecule has 0 radical (unpaired) electrons. The fraction of sp³-hybridized carbons (Fsp3) is 0.368. The SMILES string of the molecule is CCCc1nn2c(=O)cc(COC(=O)[C@@H](CC)c3ccccc3)nc2s1. The van der Waals surface area contributed by atoms with E-state index in [9.17, 15) is 9.59 Å². The van der Waals surface area contributed by atoms with Crippen LogP contribution in [0.4, 0.5) is 0 Å². The van der Waals surface area contributed by atoms with Crippen molar-refractivity contribution in [2.75, 3.05) is 0 Å². The molecule has 2 heterocycles. The highest BCUT2D eigenvalue weighted by Gasteiger charge is 2.20. The van der Waals surface area contributed by atoms with Crippen molar-refractivity contribution in [1.82, 2.24) is 14.6 Å². The number of rotatable bonds is 7. The molecule has 0 fully saturated rings. The lowest BCUT2D eigenvalue weighted by molar-refractivity contribution is -0.147. The van der Waals surface area contributed by atoms with E-state index in [4.69, 9.17) is 4.74 Å². The van der Waals surface area contributed by atoms with E-state index in [1.54, 1.807) is 0 Å². The molecule has 6 nitrogen and oxygen atoms in total. The Bertz CT molecular complexity index is 950. The summed E-state index contributed by atoms with van der Waals surface area (Å²) < 4.78 is 6.73. The van der Waals surface area contributed by atoms with Gasteiger partial charge in [-0.3, -0.25) is 9.59 Å². The summed E-state index contributed by atoms with van der Waals surface area (Å²) in [5, 5.41) is 5.15. The van der Waals surface area contributed by atoms with Crippen molar-refractivity contribution in [3.05, 3.63) is 63.0 Å². The lowest BCUT2D eigenvalue weighted by Crippen LogP contribution is -2.19. The number of esters is 1. The first-order valence-electron chi connectivity index (χ1n) is 8.72. The molecule has 0 amide bonds. The zero-order chi connectivity index (χ0) is 18.5. The lowest BCUT2D eigenvalue weighted by Gasteiger charge is -2.14. The van der Waals surface area contributed by atoms with Crippen LogP contribution >= 0.6 is 11.3 Å². The van der Waals surface area contributed by atoms with Crippen LogP contribution in [0.3, 0.4) is 0 Å². The maximum atomic E-state index is 12.4. The highest BCUT2D eigenvalue weighted by molar-refractivity contribution is 7.16. The smallest absolute Gasteiger partial charge is 0.313 e. The molecule has 0 saturated carbocycles. The molecule has 3 rings (SSSR count). The zero-order valence-electron chi connectivity index (χ0n) is 14.8. The van der Waals surface area contributed by atoms with Crippen LogP contribution in [0.2, 0.25) is 0 Å². The Morgan fingerprint density at radius 3 is 2.73 bits per heavy atom. The molecular formula is C19H21N3O3S. The van der Waals surface area contributed by atoms with E-state index in [0.717, 1.165) is 23.4 Å². The Kier molecular flexibility index (Phi) is 5.78. The molecule has 0 saturated heterocycles. The van der Waals surface area contributed by atoms with E-state index in [1.807, 2.05) is 37.3 Å². The summed E-state index contributed by atoms with van der Waals surface area (Å²) in [4.78, 5) is 29.6. The molecule has 1 atom stereocenters. The van der Waals surface area contributed by atoms with Crippen LogP contribution < -0.4 is 5.56 Å². The number of aromatic nitrogens is 3. The van der Waals surface area contributed by atoms with Gasteiger partial charge in [0.25, 0.3) is 5.56 Å². The van der Waals surface area contributed by atoms with Gasteiger partial charge in [0.05, 0.1) is 11.6 Å². The van der Waals surface area contributed by atoms with E-state index >= 15 is 0 Å². The van der Waals surface area contributed by atoms with Crippen molar-refractivity contribution in [1.29, 1.82) is 0 Å². The van der Waals surface area contributed by atoms with E-state index in [-0.39, 0.29) is 24.1 Å². The van der Waals surface area contributed by atoms with Gasteiger partial charge in [0.1, 0.15) is 11.6 Å². The van der Waals surface area contributed by atoms with Crippen LogP contribution in [-0.2, 0) is 22.6 Å². The lowest BCUT2D eigenvalue weighted by atomic mass is 9.97. The molecule has 2 aromatic heterocycles. The summed E-state index contributed by atoms with van der Waals surface area (Å²) in [5.74, 6) is -0.628. The van der Waals surface area contributed by atoms with Gasteiger partial charge in [-0.05, 0) is 18.4 Å². The summed E-state index contributed by atoms with van der Waals surface area (Å²) in [6.45, 7) is 3.99. The van der Waals surface area contributed by atoms with Crippen LogP contribution in [0.25, 0.3) is 4.96 Å². The van der Waals surface area contributed by atoms with Gasteiger partial charge >= 0.3 is 5.97 Å². The minimum atomic E-state index is -0.319. The van der Waals surface area contributed by atoms with Gasteiger partial charge in [-0.15, -0.1) is 0 Å². The van der Waals surface area contributed by atoms with Gasteiger partial charge in [0.2, 0.25) is 4.96 Å². The van der Waals surface area contributed by atoms with E-state index in [0.29, 0.717) is 17.1 Å². The molecule has 136 valence electrons. The number of hydrogen-bond donors (Lipinski definition) is 0. The summed E-state index contributed by atoms with van der Waals surface area (Å²) >= 11 is 1.39. The monoisotopic (exact) mass is 371 g/mol. The maximum Gasteiger partial charge on any atom is 0.313 e. The zero-order valence-corrected chi connectivity index (χ0v) is 15.7. The number of aryl methyl sites for hydroxylation is 1. The van der Waals surface area contributed by atoms with Crippen LogP contribution in [0.5, 0.6) is 0 Å². The minimum Gasteiger partial charge on any atom is -0.459 e. The first kappa shape index (κ1) is 18.3. The quantitative estimate of drug-likeness (QED) is 0.596. The largest absolute Gasteiger partial charge is 0.459 e. The molecule has 0 N–H and O–H groups in total. The summed E-state index contributed by atoms with van der Waals surface area (Å²) in [6.07, 6.45) is 2.41. The maximum absolute atomic E-state index is 12.4. The number of carbonyl (C=O) groups excluding carboxylic acids is 1. The van der Waals surface area contributed by atoms with Crippen molar-refractivity contribution in [2.24, 2.45) is 0 Å². The second kappa shape index (κ2) is 8.23. The number of carbonyl (C=O) groups is 1. The standard InChI is InChI=1S/C19H21N3O3S/c1-3-8-16-21-22-17(23)11-14(20-19(22)26-16)12-25-18(24)15(4-2)13-9-6-5-7-10-13/h5-7,9-11,15H,3-4,8,12H2,1-2H3/t15-/m0/s1. The van der Waals surface area contributed by atoms with Crippen LogP contribution in [0.1, 0.15) is 48.9 Å². The molecular weight excluding hydrogens is 350 g/mol. The third kappa shape index (κ3) is 3.99. The highest BCUT2D eigenvalue weighted by atomic mass is 32.1. The van der Waals surface area contributed by atoms with Crippen molar-refractivity contribution in [3.8, 4) is 0 Å². The predicted octanol–water partition coefficient (Wildman–Crippen LogP) is 3.34. The predicted molar refractivity (Wildman–Crippen MR) is 100 cm³/mol. The Morgan fingerprint density at radius 1 is 1.27 bits per heavy atom. The van der Waals surface area contributed by atoms with Crippen LogP contribution in [0, 0.1) is 0 Å². The third-order valence-corrected chi connectivity index (χ3v) is 5.03. The van der Waals surface area contributed by atoms with Gasteiger partial charge in [0.15, 0.2) is 0 Å². The van der Waals surface area contributed by atoms with E-state index in [2.05, 4.69) is 17.0 Å². The Morgan fingerprint density at radius 2 is 2.04 bits per heavy atom. The number of ether oxygens (including phenoxy) is 1. The second-order valence-corrected chi connectivity index (χ2v) is 7.05. The number of nitrogens with zero attached hydrogens (tertiary/aromatic N) is 3.